The minimum Gasteiger partial charge on any atom is -0.336 e. The number of carbonyl (C=O) groups excluding carboxylic acids is 1. The van der Waals surface area contributed by atoms with Crippen molar-refractivity contribution < 1.29 is 4.79 Å². The largest absolute Gasteiger partial charge is 0.336 e. The minimum atomic E-state index is 0. The van der Waals surface area contributed by atoms with Gasteiger partial charge in [-0.1, -0.05) is 17.7 Å². The first kappa shape index (κ1) is 17.4. The van der Waals surface area contributed by atoms with Crippen molar-refractivity contribution in [1.29, 1.82) is 0 Å². The number of benzene rings is 1. The van der Waals surface area contributed by atoms with Crippen LogP contribution in [0.15, 0.2) is 48.8 Å². The molecule has 1 aliphatic heterocycles. The SMILES string of the molecule is Cc1ccc(C(=O)N2CCN(Cc3ccncc3)CC2)cc1.Cl. The molecule has 0 aliphatic carbocycles. The Morgan fingerprint density at radius 3 is 2.22 bits per heavy atom. The number of pyridine rings is 1. The summed E-state index contributed by atoms with van der Waals surface area (Å²) in [5, 5.41) is 0. The summed E-state index contributed by atoms with van der Waals surface area (Å²) < 4.78 is 0. The summed E-state index contributed by atoms with van der Waals surface area (Å²) in [6.45, 7) is 6.37. The second-order valence-electron chi connectivity index (χ2n) is 5.79. The van der Waals surface area contributed by atoms with Crippen LogP contribution >= 0.6 is 12.4 Å². The van der Waals surface area contributed by atoms with Crippen molar-refractivity contribution >= 4 is 18.3 Å². The normalized spacial score (nSPS) is 15.1. The smallest absolute Gasteiger partial charge is 0.253 e. The Labute approximate surface area is 143 Å². The van der Waals surface area contributed by atoms with Gasteiger partial charge in [-0.15, -0.1) is 12.4 Å². The van der Waals surface area contributed by atoms with E-state index in [2.05, 4.69) is 9.88 Å². The number of piperazine rings is 1. The maximum Gasteiger partial charge on any atom is 0.253 e. The van der Waals surface area contributed by atoms with E-state index in [1.165, 1.54) is 11.1 Å². The molecule has 0 N–H and O–H groups in total. The lowest BCUT2D eigenvalue weighted by Gasteiger charge is -2.34. The van der Waals surface area contributed by atoms with Crippen LogP contribution in [0.2, 0.25) is 0 Å². The first-order valence-corrected chi connectivity index (χ1v) is 7.69. The maximum absolute atomic E-state index is 12.5. The lowest BCUT2D eigenvalue weighted by Crippen LogP contribution is -2.48. The Bertz CT molecular complexity index is 622. The van der Waals surface area contributed by atoms with Gasteiger partial charge < -0.3 is 4.90 Å². The molecule has 23 heavy (non-hydrogen) atoms. The zero-order valence-corrected chi connectivity index (χ0v) is 14.1. The second-order valence-corrected chi connectivity index (χ2v) is 5.79. The van der Waals surface area contributed by atoms with E-state index in [0.717, 1.165) is 38.3 Å². The molecule has 0 atom stereocenters. The molecular formula is C18H22ClN3O. The molecular weight excluding hydrogens is 310 g/mol. The van der Waals surface area contributed by atoms with Crippen LogP contribution in [0.5, 0.6) is 0 Å². The Morgan fingerprint density at radius 2 is 1.61 bits per heavy atom. The Morgan fingerprint density at radius 1 is 1.00 bits per heavy atom. The summed E-state index contributed by atoms with van der Waals surface area (Å²) in [6.07, 6.45) is 3.65. The Balaban J connectivity index is 0.00000192. The molecule has 1 fully saturated rings. The summed E-state index contributed by atoms with van der Waals surface area (Å²) >= 11 is 0. The van der Waals surface area contributed by atoms with Crippen molar-refractivity contribution in [3.63, 3.8) is 0 Å². The molecule has 0 bridgehead atoms. The van der Waals surface area contributed by atoms with Crippen molar-refractivity contribution in [2.45, 2.75) is 13.5 Å². The number of hydrogen-bond donors (Lipinski definition) is 0. The van der Waals surface area contributed by atoms with Crippen molar-refractivity contribution in [2.24, 2.45) is 0 Å². The van der Waals surface area contributed by atoms with Crippen LogP contribution < -0.4 is 0 Å². The third-order valence-electron chi connectivity index (χ3n) is 4.11. The monoisotopic (exact) mass is 331 g/mol. The number of amides is 1. The molecule has 1 amide bonds. The van der Waals surface area contributed by atoms with Gasteiger partial charge in [0.05, 0.1) is 0 Å². The van der Waals surface area contributed by atoms with E-state index in [4.69, 9.17) is 0 Å². The highest BCUT2D eigenvalue weighted by Gasteiger charge is 2.21. The van der Waals surface area contributed by atoms with Gasteiger partial charge in [0.25, 0.3) is 5.91 Å². The summed E-state index contributed by atoms with van der Waals surface area (Å²) in [7, 11) is 0. The van der Waals surface area contributed by atoms with Crippen molar-refractivity contribution in [1.82, 2.24) is 14.8 Å². The van der Waals surface area contributed by atoms with Crippen molar-refractivity contribution in [3.05, 3.63) is 65.5 Å². The fraction of sp³-hybridized carbons (Fsp3) is 0.333. The standard InChI is InChI=1S/C18H21N3O.ClH/c1-15-2-4-17(5-3-15)18(22)21-12-10-20(11-13-21)14-16-6-8-19-9-7-16;/h2-9H,10-14H2,1H3;1H. The van der Waals surface area contributed by atoms with Gasteiger partial charge in [-0.25, -0.2) is 0 Å². The van der Waals surface area contributed by atoms with Gasteiger partial charge >= 0.3 is 0 Å². The van der Waals surface area contributed by atoms with Gasteiger partial charge in [0.1, 0.15) is 0 Å². The Kier molecular flexibility index (Phi) is 6.13. The number of aryl methyl sites for hydroxylation is 1. The maximum atomic E-state index is 12.5. The molecule has 1 aromatic carbocycles. The third-order valence-corrected chi connectivity index (χ3v) is 4.11. The first-order chi connectivity index (χ1) is 10.7. The number of halogens is 1. The molecule has 0 unspecified atom stereocenters. The van der Waals surface area contributed by atoms with Crippen LogP contribution in [0.25, 0.3) is 0 Å². The third kappa shape index (κ3) is 4.53. The lowest BCUT2D eigenvalue weighted by molar-refractivity contribution is 0.0628. The minimum absolute atomic E-state index is 0. The van der Waals surface area contributed by atoms with Crippen LogP contribution in [0.4, 0.5) is 0 Å². The molecule has 3 rings (SSSR count). The van der Waals surface area contributed by atoms with Crippen LogP contribution in [-0.4, -0.2) is 46.9 Å². The molecule has 4 nitrogen and oxygen atoms in total. The van der Waals surface area contributed by atoms with E-state index < -0.39 is 0 Å². The topological polar surface area (TPSA) is 36.4 Å². The number of aromatic nitrogens is 1. The highest BCUT2D eigenvalue weighted by Crippen LogP contribution is 2.12. The van der Waals surface area contributed by atoms with E-state index in [0.29, 0.717) is 0 Å². The fourth-order valence-electron chi connectivity index (χ4n) is 2.73. The van der Waals surface area contributed by atoms with Crippen LogP contribution in [0, 0.1) is 6.92 Å². The number of nitrogens with zero attached hydrogens (tertiary/aromatic N) is 3. The number of hydrogen-bond acceptors (Lipinski definition) is 3. The lowest BCUT2D eigenvalue weighted by atomic mass is 10.1. The van der Waals surface area contributed by atoms with Crippen LogP contribution in [0.3, 0.4) is 0 Å². The molecule has 122 valence electrons. The molecule has 1 saturated heterocycles. The van der Waals surface area contributed by atoms with Gasteiger partial charge in [0, 0.05) is 50.7 Å². The average Bonchev–Trinajstić information content (AvgIpc) is 2.57. The molecule has 5 heteroatoms. The van der Waals surface area contributed by atoms with Gasteiger partial charge in [0.15, 0.2) is 0 Å². The number of rotatable bonds is 3. The number of carbonyl (C=O) groups is 1. The highest BCUT2D eigenvalue weighted by atomic mass is 35.5. The quantitative estimate of drug-likeness (QED) is 0.867. The Hall–Kier alpha value is -1.91. The molecule has 0 radical (unpaired) electrons. The summed E-state index contributed by atoms with van der Waals surface area (Å²) in [4.78, 5) is 20.9. The van der Waals surface area contributed by atoms with Crippen molar-refractivity contribution in [3.8, 4) is 0 Å². The molecule has 2 aromatic rings. The van der Waals surface area contributed by atoms with E-state index >= 15 is 0 Å². The molecule has 1 aromatic heterocycles. The van der Waals surface area contributed by atoms with Gasteiger partial charge in [-0.3, -0.25) is 14.7 Å². The van der Waals surface area contributed by atoms with Gasteiger partial charge in [-0.2, -0.15) is 0 Å². The molecule has 0 saturated carbocycles. The van der Waals surface area contributed by atoms with E-state index in [1.807, 2.05) is 60.6 Å². The zero-order valence-electron chi connectivity index (χ0n) is 13.3. The fourth-order valence-corrected chi connectivity index (χ4v) is 2.73. The molecule has 2 heterocycles. The predicted octanol–water partition coefficient (Wildman–Crippen LogP) is 2.77. The predicted molar refractivity (Wildman–Crippen MR) is 93.8 cm³/mol. The average molecular weight is 332 g/mol. The second kappa shape index (κ2) is 8.09. The van der Waals surface area contributed by atoms with Gasteiger partial charge in [-0.05, 0) is 36.8 Å². The zero-order chi connectivity index (χ0) is 15.4. The molecule has 0 spiro atoms. The summed E-state index contributed by atoms with van der Waals surface area (Å²) in [5.74, 6) is 0.142. The summed E-state index contributed by atoms with van der Waals surface area (Å²) in [5.41, 5.74) is 3.24. The van der Waals surface area contributed by atoms with E-state index in [9.17, 15) is 4.79 Å². The highest BCUT2D eigenvalue weighted by molar-refractivity contribution is 5.94. The van der Waals surface area contributed by atoms with E-state index in [1.54, 1.807) is 0 Å². The van der Waals surface area contributed by atoms with Gasteiger partial charge in [0.2, 0.25) is 0 Å². The molecule has 1 aliphatic rings. The summed E-state index contributed by atoms with van der Waals surface area (Å²) in [6, 6.07) is 11.9. The van der Waals surface area contributed by atoms with Crippen LogP contribution in [-0.2, 0) is 6.54 Å². The van der Waals surface area contributed by atoms with Crippen LogP contribution in [0.1, 0.15) is 21.5 Å². The van der Waals surface area contributed by atoms with E-state index in [-0.39, 0.29) is 18.3 Å². The first-order valence-electron chi connectivity index (χ1n) is 7.69. The van der Waals surface area contributed by atoms with Crippen molar-refractivity contribution in [2.75, 3.05) is 26.2 Å².